The third-order valence-electron chi connectivity index (χ3n) is 3.08. The number of amides is 1. The number of benzene rings is 1. The number of nitrogens with zero attached hydrogens (tertiary/aromatic N) is 1. The van der Waals surface area contributed by atoms with Crippen LogP contribution in [-0.4, -0.2) is 42.0 Å². The topological polar surface area (TPSA) is 59.0 Å². The molecule has 98 valence electrons. The number of rotatable bonds is 4. The quantitative estimate of drug-likeness (QED) is 0.878. The smallest absolute Gasteiger partial charge is 0.410 e. The van der Waals surface area contributed by atoms with Crippen LogP contribution in [0.1, 0.15) is 12.5 Å². The van der Waals surface area contributed by atoms with E-state index in [0.29, 0.717) is 6.54 Å². The van der Waals surface area contributed by atoms with Gasteiger partial charge >= 0.3 is 6.09 Å². The van der Waals surface area contributed by atoms with Crippen LogP contribution >= 0.6 is 0 Å². The Morgan fingerprint density at radius 2 is 2.17 bits per heavy atom. The summed E-state index contributed by atoms with van der Waals surface area (Å²) in [4.78, 5) is 13.1. The highest BCUT2D eigenvalue weighted by Gasteiger charge is 2.35. The molecule has 0 bridgehead atoms. The van der Waals surface area contributed by atoms with Crippen molar-refractivity contribution in [1.29, 1.82) is 0 Å². The Hall–Kier alpha value is -1.75. The summed E-state index contributed by atoms with van der Waals surface area (Å²) in [6.07, 6.45) is -0.980. The zero-order valence-electron chi connectivity index (χ0n) is 10.5. The summed E-state index contributed by atoms with van der Waals surface area (Å²) >= 11 is 0. The Morgan fingerprint density at radius 1 is 1.50 bits per heavy atom. The first-order valence-electron chi connectivity index (χ1n) is 5.86. The fourth-order valence-corrected chi connectivity index (χ4v) is 1.97. The predicted octanol–water partition coefficient (Wildman–Crippen LogP) is 1.40. The molecule has 1 unspecified atom stereocenters. The van der Waals surface area contributed by atoms with Crippen molar-refractivity contribution in [3.63, 3.8) is 0 Å². The van der Waals surface area contributed by atoms with E-state index >= 15 is 0 Å². The second kappa shape index (κ2) is 5.27. The average Bonchev–Trinajstić information content (AvgIpc) is 2.72. The van der Waals surface area contributed by atoms with E-state index in [1.54, 1.807) is 18.9 Å². The average molecular weight is 251 g/mol. The summed E-state index contributed by atoms with van der Waals surface area (Å²) in [5.41, 5.74) is 0.973. The Kier molecular flexibility index (Phi) is 3.72. The van der Waals surface area contributed by atoms with Crippen LogP contribution in [0.3, 0.4) is 0 Å². The third kappa shape index (κ3) is 2.56. The minimum absolute atomic E-state index is 0.243. The molecule has 1 aromatic rings. The molecule has 0 aromatic heterocycles. The van der Waals surface area contributed by atoms with Crippen molar-refractivity contribution < 1.29 is 19.4 Å². The van der Waals surface area contributed by atoms with Gasteiger partial charge in [0.15, 0.2) is 0 Å². The van der Waals surface area contributed by atoms with Crippen LogP contribution in [0.5, 0.6) is 5.75 Å². The van der Waals surface area contributed by atoms with Gasteiger partial charge in [-0.25, -0.2) is 4.79 Å². The number of aliphatic hydroxyl groups excluding tert-OH is 1. The SMILES string of the molecule is COc1ccc(CN2C(=O)OC[C@@H]2C(C)O)cc1. The maximum absolute atomic E-state index is 11.6. The van der Waals surface area contributed by atoms with Crippen molar-refractivity contribution >= 4 is 6.09 Å². The first kappa shape index (κ1) is 12.7. The molecule has 1 aromatic carbocycles. The summed E-state index contributed by atoms with van der Waals surface area (Å²) < 4.78 is 10.0. The van der Waals surface area contributed by atoms with Gasteiger partial charge in [-0.3, -0.25) is 4.90 Å². The first-order chi connectivity index (χ1) is 8.61. The second-order valence-electron chi connectivity index (χ2n) is 4.36. The molecule has 1 aliphatic heterocycles. The number of ether oxygens (including phenoxy) is 2. The molecule has 1 fully saturated rings. The lowest BCUT2D eigenvalue weighted by Gasteiger charge is -2.23. The Balaban J connectivity index is 2.08. The first-order valence-corrected chi connectivity index (χ1v) is 5.86. The van der Waals surface area contributed by atoms with E-state index in [1.165, 1.54) is 0 Å². The van der Waals surface area contributed by atoms with Gasteiger partial charge in [0, 0.05) is 6.54 Å². The van der Waals surface area contributed by atoms with E-state index in [-0.39, 0.29) is 18.7 Å². The lowest BCUT2D eigenvalue weighted by atomic mass is 10.1. The number of aliphatic hydroxyl groups is 1. The van der Waals surface area contributed by atoms with Crippen LogP contribution in [-0.2, 0) is 11.3 Å². The van der Waals surface area contributed by atoms with Gasteiger partial charge in [-0.2, -0.15) is 0 Å². The van der Waals surface area contributed by atoms with Crippen molar-refractivity contribution in [2.75, 3.05) is 13.7 Å². The minimum Gasteiger partial charge on any atom is -0.497 e. The van der Waals surface area contributed by atoms with E-state index in [9.17, 15) is 9.90 Å². The number of cyclic esters (lactones) is 1. The lowest BCUT2D eigenvalue weighted by molar-refractivity contribution is 0.0977. The van der Waals surface area contributed by atoms with Gasteiger partial charge < -0.3 is 14.6 Å². The number of methoxy groups -OCH3 is 1. The maximum atomic E-state index is 11.6. The molecule has 1 heterocycles. The van der Waals surface area contributed by atoms with Crippen molar-refractivity contribution in [1.82, 2.24) is 4.90 Å². The summed E-state index contributed by atoms with van der Waals surface area (Å²) in [5.74, 6) is 0.773. The normalized spacial score (nSPS) is 20.7. The minimum atomic E-state index is -0.602. The van der Waals surface area contributed by atoms with Gasteiger partial charge in [-0.05, 0) is 24.6 Å². The molecule has 0 radical (unpaired) electrons. The molecule has 1 amide bonds. The Bertz CT molecular complexity index is 416. The molecule has 2 rings (SSSR count). The van der Waals surface area contributed by atoms with Gasteiger partial charge in [-0.15, -0.1) is 0 Å². The maximum Gasteiger partial charge on any atom is 0.410 e. The highest BCUT2D eigenvalue weighted by molar-refractivity contribution is 5.70. The fraction of sp³-hybridized carbons (Fsp3) is 0.462. The standard InChI is InChI=1S/C13H17NO4/c1-9(15)12-8-18-13(16)14(12)7-10-3-5-11(17-2)6-4-10/h3-6,9,12,15H,7-8H2,1-2H3/t9?,12-/m1/s1. The number of carbonyl (C=O) groups excluding carboxylic acids is 1. The monoisotopic (exact) mass is 251 g/mol. The van der Waals surface area contributed by atoms with Crippen molar-refractivity contribution in [2.24, 2.45) is 0 Å². The van der Waals surface area contributed by atoms with Gasteiger partial charge in [0.1, 0.15) is 12.4 Å². The van der Waals surface area contributed by atoms with Crippen molar-refractivity contribution in [2.45, 2.75) is 25.6 Å². The lowest BCUT2D eigenvalue weighted by Crippen LogP contribution is -2.40. The van der Waals surface area contributed by atoms with Crippen LogP contribution in [0.25, 0.3) is 0 Å². The number of hydrogen-bond acceptors (Lipinski definition) is 4. The summed E-state index contributed by atoms with van der Waals surface area (Å²) in [6, 6.07) is 7.19. The predicted molar refractivity (Wildman–Crippen MR) is 65.4 cm³/mol. The van der Waals surface area contributed by atoms with Crippen molar-refractivity contribution in [3.05, 3.63) is 29.8 Å². The van der Waals surface area contributed by atoms with E-state index in [0.717, 1.165) is 11.3 Å². The molecule has 2 atom stereocenters. The van der Waals surface area contributed by atoms with E-state index in [2.05, 4.69) is 0 Å². The highest BCUT2D eigenvalue weighted by atomic mass is 16.6. The molecule has 1 aliphatic rings. The van der Waals surface area contributed by atoms with Crippen LogP contribution in [0, 0.1) is 0 Å². The molecule has 1 saturated heterocycles. The zero-order valence-corrected chi connectivity index (χ0v) is 10.5. The molecule has 18 heavy (non-hydrogen) atoms. The molecule has 0 spiro atoms. The largest absolute Gasteiger partial charge is 0.497 e. The van der Waals surface area contributed by atoms with Gasteiger partial charge in [0.25, 0.3) is 0 Å². The zero-order chi connectivity index (χ0) is 13.1. The second-order valence-corrected chi connectivity index (χ2v) is 4.36. The third-order valence-corrected chi connectivity index (χ3v) is 3.08. The molecule has 0 saturated carbocycles. The molecule has 1 N–H and O–H groups in total. The number of hydrogen-bond donors (Lipinski definition) is 1. The molecular formula is C13H17NO4. The molecule has 5 nitrogen and oxygen atoms in total. The molecule has 5 heteroatoms. The highest BCUT2D eigenvalue weighted by Crippen LogP contribution is 2.20. The number of carbonyl (C=O) groups is 1. The summed E-state index contributed by atoms with van der Waals surface area (Å²) in [5, 5.41) is 9.61. The fourth-order valence-electron chi connectivity index (χ4n) is 1.97. The van der Waals surface area contributed by atoms with E-state index < -0.39 is 6.10 Å². The molecular weight excluding hydrogens is 234 g/mol. The van der Waals surface area contributed by atoms with Crippen molar-refractivity contribution in [3.8, 4) is 5.75 Å². The van der Waals surface area contributed by atoms with Crippen LogP contribution < -0.4 is 4.74 Å². The van der Waals surface area contributed by atoms with E-state index in [4.69, 9.17) is 9.47 Å². The van der Waals surface area contributed by atoms with Crippen LogP contribution in [0.2, 0.25) is 0 Å². The van der Waals surface area contributed by atoms with Gasteiger partial charge in [0.2, 0.25) is 0 Å². The Labute approximate surface area is 106 Å². The summed E-state index contributed by atoms with van der Waals surface area (Å²) in [6.45, 7) is 2.33. The van der Waals surface area contributed by atoms with E-state index in [1.807, 2.05) is 24.3 Å². The Morgan fingerprint density at radius 3 is 2.72 bits per heavy atom. The van der Waals surface area contributed by atoms with Gasteiger partial charge in [0.05, 0.1) is 19.3 Å². The van der Waals surface area contributed by atoms with Crippen LogP contribution in [0.4, 0.5) is 4.79 Å². The van der Waals surface area contributed by atoms with Gasteiger partial charge in [-0.1, -0.05) is 12.1 Å². The van der Waals surface area contributed by atoms with Crippen LogP contribution in [0.15, 0.2) is 24.3 Å². The summed E-state index contributed by atoms with van der Waals surface area (Å²) in [7, 11) is 1.61. The molecule has 0 aliphatic carbocycles.